The van der Waals surface area contributed by atoms with Gasteiger partial charge in [0.1, 0.15) is 11.5 Å². The van der Waals surface area contributed by atoms with Crippen LogP contribution in [0.1, 0.15) is 23.2 Å². The molecule has 0 spiro atoms. The average molecular weight is 476 g/mol. The predicted molar refractivity (Wildman–Crippen MR) is 122 cm³/mol. The van der Waals surface area contributed by atoms with Gasteiger partial charge < -0.3 is 19.4 Å². The normalized spacial score (nSPS) is 13.6. The zero-order valence-electron chi connectivity index (χ0n) is 17.5. The molecule has 8 nitrogen and oxygen atoms in total. The molecule has 1 aliphatic rings. The summed E-state index contributed by atoms with van der Waals surface area (Å²) in [6, 6.07) is 11.1. The van der Waals surface area contributed by atoms with Gasteiger partial charge in [0.05, 0.1) is 41.1 Å². The maximum atomic E-state index is 13.1. The molecule has 1 aromatic heterocycles. The quantitative estimate of drug-likeness (QED) is 0.515. The Morgan fingerprint density at radius 3 is 2.38 bits per heavy atom. The van der Waals surface area contributed by atoms with Crippen molar-refractivity contribution in [2.75, 3.05) is 19.5 Å². The van der Waals surface area contributed by atoms with E-state index in [1.807, 2.05) is 24.5 Å². The van der Waals surface area contributed by atoms with Gasteiger partial charge in [-0.05, 0) is 49.2 Å². The van der Waals surface area contributed by atoms with Gasteiger partial charge in [-0.1, -0.05) is 11.6 Å². The van der Waals surface area contributed by atoms with Crippen molar-refractivity contribution in [3.05, 3.63) is 65.4 Å². The fraction of sp³-hybridized carbons (Fsp3) is 0.227. The maximum absolute atomic E-state index is 13.1. The van der Waals surface area contributed by atoms with Gasteiger partial charge in [0.15, 0.2) is 0 Å². The SMILES string of the molecule is COc1ccc(S(=O)(=O)NC2CC2)cc1NC(=O)c1cc(Cl)c(-n2cccc2)cc1OC. The molecular formula is C22H22ClN3O5S. The lowest BCUT2D eigenvalue weighted by molar-refractivity contribution is 0.102. The van der Waals surface area contributed by atoms with E-state index in [0.717, 1.165) is 12.8 Å². The zero-order chi connectivity index (χ0) is 22.9. The number of hydrogen-bond acceptors (Lipinski definition) is 5. The number of methoxy groups -OCH3 is 2. The van der Waals surface area contributed by atoms with Gasteiger partial charge in [-0.2, -0.15) is 0 Å². The topological polar surface area (TPSA) is 98.7 Å². The van der Waals surface area contributed by atoms with Gasteiger partial charge in [0.25, 0.3) is 5.91 Å². The molecule has 0 radical (unpaired) electrons. The van der Waals surface area contributed by atoms with E-state index >= 15 is 0 Å². The molecule has 0 bridgehead atoms. The highest BCUT2D eigenvalue weighted by Gasteiger charge is 2.28. The van der Waals surface area contributed by atoms with Crippen molar-refractivity contribution in [3.63, 3.8) is 0 Å². The molecular weight excluding hydrogens is 454 g/mol. The minimum atomic E-state index is -3.70. The summed E-state index contributed by atoms with van der Waals surface area (Å²) in [7, 11) is -0.810. The van der Waals surface area contributed by atoms with E-state index in [-0.39, 0.29) is 22.2 Å². The summed E-state index contributed by atoms with van der Waals surface area (Å²) in [5.74, 6) is 0.109. The third-order valence-electron chi connectivity index (χ3n) is 5.02. The van der Waals surface area contributed by atoms with Crippen LogP contribution in [0.3, 0.4) is 0 Å². The van der Waals surface area contributed by atoms with Crippen molar-refractivity contribution in [1.82, 2.24) is 9.29 Å². The van der Waals surface area contributed by atoms with Gasteiger partial charge >= 0.3 is 0 Å². The molecule has 2 N–H and O–H groups in total. The molecule has 2 aromatic carbocycles. The first-order valence-electron chi connectivity index (χ1n) is 9.85. The average Bonchev–Trinajstić information content (AvgIpc) is 3.40. The summed E-state index contributed by atoms with van der Waals surface area (Å²) in [5.41, 5.74) is 1.06. The van der Waals surface area contributed by atoms with E-state index in [4.69, 9.17) is 21.1 Å². The van der Waals surface area contributed by atoms with Gasteiger partial charge in [-0.25, -0.2) is 13.1 Å². The minimum absolute atomic E-state index is 0.0356. The number of carbonyl (C=O) groups excluding carboxylic acids is 1. The first-order chi connectivity index (χ1) is 15.3. The molecule has 1 amide bonds. The molecule has 1 saturated carbocycles. The predicted octanol–water partition coefficient (Wildman–Crippen LogP) is 3.84. The minimum Gasteiger partial charge on any atom is -0.496 e. The fourth-order valence-corrected chi connectivity index (χ4v) is 4.80. The number of halogens is 1. The van der Waals surface area contributed by atoms with Crippen LogP contribution in [0.2, 0.25) is 5.02 Å². The van der Waals surface area contributed by atoms with Gasteiger partial charge in [0.2, 0.25) is 10.0 Å². The second-order valence-corrected chi connectivity index (χ2v) is 9.43. The third kappa shape index (κ3) is 4.59. The molecule has 4 rings (SSSR count). The van der Waals surface area contributed by atoms with Crippen LogP contribution in [0.15, 0.2) is 59.8 Å². The van der Waals surface area contributed by atoms with Crippen molar-refractivity contribution in [3.8, 4) is 17.2 Å². The Labute approximate surface area is 191 Å². The summed E-state index contributed by atoms with van der Waals surface area (Å²) in [4.78, 5) is 13.1. The van der Waals surface area contributed by atoms with Gasteiger partial charge in [-0.15, -0.1) is 0 Å². The van der Waals surface area contributed by atoms with E-state index in [9.17, 15) is 13.2 Å². The number of anilines is 1. The zero-order valence-corrected chi connectivity index (χ0v) is 19.0. The summed E-state index contributed by atoms with van der Waals surface area (Å²) < 4.78 is 40.3. The number of ether oxygens (including phenoxy) is 2. The highest BCUT2D eigenvalue weighted by Crippen LogP contribution is 2.33. The Balaban J connectivity index is 1.66. The lowest BCUT2D eigenvalue weighted by atomic mass is 10.1. The first-order valence-corrected chi connectivity index (χ1v) is 11.7. The molecule has 1 aliphatic carbocycles. The molecule has 168 valence electrons. The molecule has 10 heteroatoms. The van der Waals surface area contributed by atoms with Crippen LogP contribution >= 0.6 is 11.6 Å². The lowest BCUT2D eigenvalue weighted by Gasteiger charge is -2.16. The van der Waals surface area contributed by atoms with Gasteiger partial charge in [0, 0.05) is 24.5 Å². The Kier molecular flexibility index (Phi) is 6.14. The van der Waals surface area contributed by atoms with Gasteiger partial charge in [-0.3, -0.25) is 4.79 Å². The van der Waals surface area contributed by atoms with Crippen LogP contribution in [-0.2, 0) is 10.0 Å². The highest BCUT2D eigenvalue weighted by molar-refractivity contribution is 7.89. The monoisotopic (exact) mass is 475 g/mol. The number of aromatic nitrogens is 1. The maximum Gasteiger partial charge on any atom is 0.259 e. The Hall–Kier alpha value is -3.01. The second-order valence-electron chi connectivity index (χ2n) is 7.31. The summed E-state index contributed by atoms with van der Waals surface area (Å²) >= 11 is 6.43. The lowest BCUT2D eigenvalue weighted by Crippen LogP contribution is -2.26. The third-order valence-corrected chi connectivity index (χ3v) is 6.85. The largest absolute Gasteiger partial charge is 0.496 e. The molecule has 0 atom stereocenters. The fourth-order valence-electron chi connectivity index (χ4n) is 3.21. The van der Waals surface area contributed by atoms with E-state index in [0.29, 0.717) is 22.2 Å². The Morgan fingerprint density at radius 2 is 1.75 bits per heavy atom. The molecule has 32 heavy (non-hydrogen) atoms. The number of nitrogens with zero attached hydrogens (tertiary/aromatic N) is 1. The van der Waals surface area contributed by atoms with Crippen LogP contribution in [0, 0.1) is 0 Å². The standard InChI is InChI=1S/C22H22ClN3O5S/c1-30-20-8-7-15(32(28,29)25-14-5-6-14)11-18(20)24-22(27)16-12-17(23)19(13-21(16)31-2)26-9-3-4-10-26/h3-4,7-14,25H,5-6H2,1-2H3,(H,24,27). The molecule has 1 fully saturated rings. The Morgan fingerprint density at radius 1 is 1.06 bits per heavy atom. The van der Waals surface area contributed by atoms with Crippen molar-refractivity contribution in [1.29, 1.82) is 0 Å². The van der Waals surface area contributed by atoms with Crippen molar-refractivity contribution in [2.24, 2.45) is 0 Å². The van der Waals surface area contributed by atoms with Crippen LogP contribution in [-0.4, -0.2) is 39.2 Å². The van der Waals surface area contributed by atoms with Crippen molar-refractivity contribution in [2.45, 2.75) is 23.8 Å². The molecule has 1 heterocycles. The Bertz CT molecular complexity index is 1250. The number of rotatable bonds is 8. The number of carbonyl (C=O) groups is 1. The van der Waals surface area contributed by atoms with Crippen molar-refractivity contribution >= 4 is 33.2 Å². The highest BCUT2D eigenvalue weighted by atomic mass is 35.5. The molecule has 0 unspecified atom stereocenters. The smallest absolute Gasteiger partial charge is 0.259 e. The number of benzene rings is 2. The summed E-state index contributed by atoms with van der Waals surface area (Å²) in [6.45, 7) is 0. The van der Waals surface area contributed by atoms with Crippen LogP contribution in [0.4, 0.5) is 5.69 Å². The van der Waals surface area contributed by atoms with E-state index in [1.165, 1.54) is 38.5 Å². The first kappa shape index (κ1) is 22.2. The number of amides is 1. The number of sulfonamides is 1. The van der Waals surface area contributed by atoms with E-state index in [1.54, 1.807) is 10.6 Å². The molecule has 0 saturated heterocycles. The summed E-state index contributed by atoms with van der Waals surface area (Å²) in [5, 5.41) is 3.06. The van der Waals surface area contributed by atoms with Crippen molar-refractivity contribution < 1.29 is 22.7 Å². The molecule has 0 aliphatic heterocycles. The van der Waals surface area contributed by atoms with Crippen LogP contribution in [0.5, 0.6) is 11.5 Å². The number of hydrogen-bond donors (Lipinski definition) is 2. The van der Waals surface area contributed by atoms with E-state index < -0.39 is 15.9 Å². The van der Waals surface area contributed by atoms with Crippen LogP contribution in [0.25, 0.3) is 5.69 Å². The summed E-state index contributed by atoms with van der Waals surface area (Å²) in [6.07, 6.45) is 5.29. The molecule has 3 aromatic rings. The second kappa shape index (κ2) is 8.85. The van der Waals surface area contributed by atoms with E-state index in [2.05, 4.69) is 10.0 Å². The number of nitrogens with one attached hydrogen (secondary N) is 2. The van der Waals surface area contributed by atoms with Crippen LogP contribution < -0.4 is 19.5 Å².